The first-order valence-corrected chi connectivity index (χ1v) is 12.0. The number of ether oxygens (including phenoxy) is 1. The van der Waals surface area contributed by atoms with Gasteiger partial charge in [0.15, 0.2) is 6.10 Å². The molecule has 36 heavy (non-hydrogen) atoms. The highest BCUT2D eigenvalue weighted by Gasteiger charge is 2.41. The number of hydrogen-bond donors (Lipinski definition) is 2. The van der Waals surface area contributed by atoms with Gasteiger partial charge in [-0.3, -0.25) is 9.59 Å². The summed E-state index contributed by atoms with van der Waals surface area (Å²) in [4.78, 5) is 44.7. The molecule has 0 bridgehead atoms. The molecule has 184 valence electrons. The Morgan fingerprint density at radius 3 is 2.69 bits per heavy atom. The van der Waals surface area contributed by atoms with Crippen molar-refractivity contribution in [2.45, 2.75) is 57.6 Å². The van der Waals surface area contributed by atoms with Crippen LogP contribution in [0, 0.1) is 12.7 Å². The van der Waals surface area contributed by atoms with E-state index in [1.54, 1.807) is 17.9 Å². The number of likely N-dealkylation sites (tertiary alicyclic amines) is 1. The highest BCUT2D eigenvalue weighted by Crippen LogP contribution is 2.47. The molecule has 3 aromatic rings. The maximum absolute atomic E-state index is 14.9. The zero-order valence-corrected chi connectivity index (χ0v) is 19.4. The van der Waals surface area contributed by atoms with Crippen LogP contribution in [-0.2, 0) is 33.9 Å². The van der Waals surface area contributed by atoms with Gasteiger partial charge in [-0.05, 0) is 42.5 Å². The van der Waals surface area contributed by atoms with Crippen LogP contribution in [0.25, 0.3) is 22.3 Å². The van der Waals surface area contributed by atoms with Crippen LogP contribution in [0.3, 0.4) is 0 Å². The number of halogens is 1. The van der Waals surface area contributed by atoms with Gasteiger partial charge in [-0.15, -0.1) is 0 Å². The van der Waals surface area contributed by atoms with E-state index in [-0.39, 0.29) is 60.6 Å². The second-order valence-electron chi connectivity index (χ2n) is 10.0. The van der Waals surface area contributed by atoms with E-state index < -0.39 is 18.2 Å². The first-order chi connectivity index (χ1) is 17.2. The minimum absolute atomic E-state index is 0.0561. The number of aliphatic hydroxyl groups excluding tert-OH is 2. The molecule has 1 saturated heterocycles. The first-order valence-electron chi connectivity index (χ1n) is 12.0. The average molecular weight is 491 g/mol. The number of fused-ring (bicyclic) bond motifs is 5. The van der Waals surface area contributed by atoms with E-state index in [1.807, 2.05) is 0 Å². The lowest BCUT2D eigenvalue weighted by Gasteiger charge is -2.35. The quantitative estimate of drug-likeness (QED) is 0.388. The third-order valence-electron chi connectivity index (χ3n) is 8.13. The normalized spacial score (nSPS) is 24.1. The third-order valence-corrected chi connectivity index (χ3v) is 8.13. The maximum Gasteiger partial charge on any atom is 0.340 e. The molecule has 1 aliphatic carbocycles. The van der Waals surface area contributed by atoms with Crippen LogP contribution in [0.2, 0.25) is 0 Å². The Morgan fingerprint density at radius 2 is 1.94 bits per heavy atom. The van der Waals surface area contributed by atoms with Gasteiger partial charge in [0.1, 0.15) is 12.4 Å². The Balaban J connectivity index is 1.53. The fourth-order valence-corrected chi connectivity index (χ4v) is 6.40. The summed E-state index contributed by atoms with van der Waals surface area (Å²) in [7, 11) is 0. The Kier molecular flexibility index (Phi) is 4.33. The summed E-state index contributed by atoms with van der Waals surface area (Å²) in [6.45, 7) is 1.92. The maximum atomic E-state index is 14.9. The molecule has 9 nitrogen and oxygen atoms in total. The highest BCUT2D eigenvalue weighted by atomic mass is 19.1. The van der Waals surface area contributed by atoms with Crippen LogP contribution < -0.4 is 5.56 Å². The molecule has 5 heterocycles. The monoisotopic (exact) mass is 491 g/mol. The van der Waals surface area contributed by atoms with E-state index in [4.69, 9.17) is 9.72 Å². The summed E-state index contributed by atoms with van der Waals surface area (Å²) in [6, 6.07) is 2.63. The number of β-amino-alcohol motifs (C(OH)–C–C–N with tert-alkyl or cyclic N) is 1. The van der Waals surface area contributed by atoms with Gasteiger partial charge >= 0.3 is 5.97 Å². The predicted molar refractivity (Wildman–Crippen MR) is 123 cm³/mol. The molecule has 1 amide bonds. The molecule has 10 heteroatoms. The zero-order valence-electron chi connectivity index (χ0n) is 19.4. The summed E-state index contributed by atoms with van der Waals surface area (Å²) in [6.07, 6.45) is -1.14. The average Bonchev–Trinajstić information content (AvgIpc) is 3.39. The number of aryl methyl sites for hydroxylation is 1. The van der Waals surface area contributed by atoms with Gasteiger partial charge in [0.25, 0.3) is 5.56 Å². The second kappa shape index (κ2) is 7.21. The van der Waals surface area contributed by atoms with E-state index >= 15 is 0 Å². The second-order valence-corrected chi connectivity index (χ2v) is 10.0. The fraction of sp³-hybridized carbons (Fsp3) is 0.385. The zero-order chi connectivity index (χ0) is 25.0. The van der Waals surface area contributed by atoms with Crippen molar-refractivity contribution in [1.82, 2.24) is 14.5 Å². The molecule has 2 aromatic heterocycles. The largest absolute Gasteiger partial charge is 0.458 e. The summed E-state index contributed by atoms with van der Waals surface area (Å²) in [5, 5.41) is 21.4. The number of amides is 1. The molecule has 3 atom stereocenters. The summed E-state index contributed by atoms with van der Waals surface area (Å²) < 4.78 is 21.4. The number of carbonyl (C=O) groups excluding carboxylic acids is 2. The Bertz CT molecular complexity index is 1610. The molecular weight excluding hydrogens is 469 g/mol. The molecule has 2 N–H and O–H groups in total. The first kappa shape index (κ1) is 21.6. The number of cyclic esters (lactones) is 1. The molecule has 0 radical (unpaired) electrons. The van der Waals surface area contributed by atoms with E-state index in [0.29, 0.717) is 35.3 Å². The van der Waals surface area contributed by atoms with Crippen LogP contribution >= 0.6 is 0 Å². The van der Waals surface area contributed by atoms with Crippen LogP contribution in [0.1, 0.15) is 58.4 Å². The van der Waals surface area contributed by atoms with Gasteiger partial charge in [0.2, 0.25) is 5.91 Å². The molecule has 3 aliphatic heterocycles. The number of hydrogen-bond acceptors (Lipinski definition) is 7. The van der Waals surface area contributed by atoms with Crippen LogP contribution in [0.4, 0.5) is 4.39 Å². The lowest BCUT2D eigenvalue weighted by atomic mass is 9.81. The van der Waals surface area contributed by atoms with Crippen molar-refractivity contribution in [1.29, 1.82) is 0 Å². The van der Waals surface area contributed by atoms with E-state index in [0.717, 1.165) is 22.1 Å². The van der Waals surface area contributed by atoms with Gasteiger partial charge in [-0.2, -0.15) is 0 Å². The van der Waals surface area contributed by atoms with Gasteiger partial charge in [0, 0.05) is 29.1 Å². The molecule has 3 unspecified atom stereocenters. The topological polar surface area (TPSA) is 122 Å². The van der Waals surface area contributed by atoms with Crippen LogP contribution in [0.5, 0.6) is 0 Å². The number of pyridine rings is 2. The van der Waals surface area contributed by atoms with Crippen molar-refractivity contribution in [3.05, 3.63) is 61.7 Å². The lowest BCUT2D eigenvalue weighted by molar-refractivity contribution is -0.157. The van der Waals surface area contributed by atoms with Crippen molar-refractivity contribution >= 4 is 22.8 Å². The minimum atomic E-state index is -1.57. The fourth-order valence-electron chi connectivity index (χ4n) is 6.40. The third kappa shape index (κ3) is 2.71. The van der Waals surface area contributed by atoms with Crippen LogP contribution in [-0.4, -0.2) is 49.2 Å². The Morgan fingerprint density at radius 1 is 1.14 bits per heavy atom. The number of esters is 1. The molecule has 0 saturated carbocycles. The van der Waals surface area contributed by atoms with Crippen molar-refractivity contribution in [2.24, 2.45) is 0 Å². The van der Waals surface area contributed by atoms with Crippen molar-refractivity contribution in [3.63, 3.8) is 0 Å². The Hall–Kier alpha value is -3.63. The summed E-state index contributed by atoms with van der Waals surface area (Å²) in [5.41, 5.74) is 4.32. The number of aliphatic hydroxyl groups is 2. The van der Waals surface area contributed by atoms with Gasteiger partial charge in [-0.1, -0.05) is 0 Å². The number of rotatable bonds is 1. The molecule has 0 spiro atoms. The van der Waals surface area contributed by atoms with Gasteiger partial charge in [-0.25, -0.2) is 14.2 Å². The smallest absolute Gasteiger partial charge is 0.340 e. The molecule has 1 aromatic carbocycles. The van der Waals surface area contributed by atoms with Crippen molar-refractivity contribution in [2.75, 3.05) is 6.54 Å². The number of carbonyl (C=O) groups is 2. The molecular formula is C26H22FN3O6. The van der Waals surface area contributed by atoms with E-state index in [2.05, 4.69) is 0 Å². The van der Waals surface area contributed by atoms with E-state index in [9.17, 15) is 29.0 Å². The predicted octanol–water partition coefficient (Wildman–Crippen LogP) is 1.54. The van der Waals surface area contributed by atoms with E-state index in [1.165, 1.54) is 10.6 Å². The number of nitrogens with zero attached hydrogens (tertiary/aromatic N) is 3. The number of aromatic nitrogens is 2. The molecule has 7 rings (SSSR count). The Labute approximate surface area is 203 Å². The van der Waals surface area contributed by atoms with Gasteiger partial charge < -0.3 is 24.4 Å². The molecule has 1 fully saturated rings. The van der Waals surface area contributed by atoms with Crippen molar-refractivity contribution in [3.8, 4) is 11.4 Å². The summed E-state index contributed by atoms with van der Waals surface area (Å²) >= 11 is 0. The summed E-state index contributed by atoms with van der Waals surface area (Å²) in [5.74, 6) is -1.34. The standard InChI is InChI=1S/C26H22FN3O6/c1-10-12-2-3-18(29-7-11(31)4-20(29)32)22-14-8-30-19(23(14)28-17(21(12)22)6-16(10)27)5-13-15(25(30)34)9-36-26(35)24(13)33/h5-6,11,18,24,31,33H,2-4,7-9H2,1H3. The number of benzene rings is 1. The lowest BCUT2D eigenvalue weighted by Crippen LogP contribution is -2.34. The van der Waals surface area contributed by atoms with Crippen molar-refractivity contribution < 1.29 is 28.9 Å². The molecule has 4 aliphatic rings. The SMILES string of the molecule is Cc1c(F)cc2nc3c(c4c2c1CCC4N1CC(O)CC1=O)Cn1c-3cc2c(c1=O)COC(=O)C2O. The highest BCUT2D eigenvalue weighted by molar-refractivity contribution is 5.94. The minimum Gasteiger partial charge on any atom is -0.458 e. The van der Waals surface area contributed by atoms with Gasteiger partial charge in [0.05, 0.1) is 47.6 Å². The van der Waals surface area contributed by atoms with Crippen LogP contribution in [0.15, 0.2) is 16.9 Å².